The lowest BCUT2D eigenvalue weighted by atomic mass is 10.0. The van der Waals surface area contributed by atoms with Crippen molar-refractivity contribution in [3.05, 3.63) is 67.8 Å². The molecule has 3 rings (SSSR count). The first-order valence-corrected chi connectivity index (χ1v) is 11.8. The minimum absolute atomic E-state index is 0.105. The van der Waals surface area contributed by atoms with Gasteiger partial charge in [-0.2, -0.15) is 5.26 Å². The molecule has 32 heavy (non-hydrogen) atoms. The molecular formula is C24H26N4O2S2. The summed E-state index contributed by atoms with van der Waals surface area (Å²) in [6.45, 7) is 9.90. The minimum Gasteiger partial charge on any atom is -0.358 e. The van der Waals surface area contributed by atoms with Crippen molar-refractivity contribution in [2.45, 2.75) is 40.8 Å². The Morgan fingerprint density at radius 2 is 1.81 bits per heavy atom. The number of amides is 1. The van der Waals surface area contributed by atoms with Gasteiger partial charge in [-0.05, 0) is 44.9 Å². The van der Waals surface area contributed by atoms with Gasteiger partial charge in [0.1, 0.15) is 21.8 Å². The van der Waals surface area contributed by atoms with Crippen LogP contribution in [0.4, 0.5) is 5.82 Å². The zero-order valence-corrected chi connectivity index (χ0v) is 20.3. The highest BCUT2D eigenvalue weighted by molar-refractivity contribution is 8.26. The number of nitrogens with zero attached hydrogens (tertiary/aromatic N) is 4. The van der Waals surface area contributed by atoms with Crippen molar-refractivity contribution in [1.82, 2.24) is 9.47 Å². The first-order valence-electron chi connectivity index (χ1n) is 10.6. The molecule has 0 bridgehead atoms. The molecule has 8 heteroatoms. The lowest BCUT2D eigenvalue weighted by Gasteiger charge is -2.28. The van der Waals surface area contributed by atoms with Gasteiger partial charge in [0.05, 0.1) is 11.4 Å². The Bertz CT molecular complexity index is 1180. The third-order valence-corrected chi connectivity index (χ3v) is 6.94. The van der Waals surface area contributed by atoms with Gasteiger partial charge >= 0.3 is 0 Å². The number of carbonyl (C=O) groups is 1. The van der Waals surface area contributed by atoms with Crippen molar-refractivity contribution < 1.29 is 4.79 Å². The van der Waals surface area contributed by atoms with Crippen LogP contribution in [-0.4, -0.2) is 32.8 Å². The number of pyridine rings is 1. The smallest absolute Gasteiger partial charge is 0.270 e. The zero-order valence-electron chi connectivity index (χ0n) is 18.7. The third kappa shape index (κ3) is 4.36. The average Bonchev–Trinajstić information content (AvgIpc) is 3.05. The van der Waals surface area contributed by atoms with Crippen LogP contribution in [0.25, 0.3) is 6.08 Å². The van der Waals surface area contributed by atoms with Crippen LogP contribution in [0.1, 0.15) is 43.0 Å². The molecule has 2 aromatic rings. The molecule has 0 N–H and O–H groups in total. The van der Waals surface area contributed by atoms with Gasteiger partial charge < -0.3 is 4.90 Å². The predicted molar refractivity (Wildman–Crippen MR) is 135 cm³/mol. The normalized spacial score (nSPS) is 14.8. The van der Waals surface area contributed by atoms with Crippen LogP contribution >= 0.6 is 24.0 Å². The number of anilines is 1. The number of benzene rings is 1. The summed E-state index contributed by atoms with van der Waals surface area (Å²) < 4.78 is 2.12. The van der Waals surface area contributed by atoms with Gasteiger partial charge in [-0.1, -0.05) is 54.3 Å². The van der Waals surface area contributed by atoms with E-state index in [1.54, 1.807) is 22.5 Å². The summed E-state index contributed by atoms with van der Waals surface area (Å²) in [5.41, 5.74) is 2.10. The number of thioether (sulfide) groups is 1. The van der Waals surface area contributed by atoms with Crippen molar-refractivity contribution >= 4 is 46.1 Å². The van der Waals surface area contributed by atoms with E-state index in [9.17, 15) is 14.9 Å². The van der Waals surface area contributed by atoms with Crippen molar-refractivity contribution in [2.24, 2.45) is 0 Å². The quantitative estimate of drug-likeness (QED) is 0.448. The van der Waals surface area contributed by atoms with E-state index in [1.807, 2.05) is 51.1 Å². The Labute approximate surface area is 198 Å². The summed E-state index contributed by atoms with van der Waals surface area (Å²) in [5, 5.41) is 9.65. The summed E-state index contributed by atoms with van der Waals surface area (Å²) in [4.78, 5) is 30.4. The van der Waals surface area contributed by atoms with E-state index >= 15 is 0 Å². The van der Waals surface area contributed by atoms with E-state index in [0.717, 1.165) is 11.4 Å². The van der Waals surface area contributed by atoms with E-state index in [4.69, 9.17) is 12.2 Å². The van der Waals surface area contributed by atoms with Gasteiger partial charge in [0, 0.05) is 25.2 Å². The first kappa shape index (κ1) is 23.8. The highest BCUT2D eigenvalue weighted by Gasteiger charge is 2.33. The molecule has 1 aliphatic heterocycles. The van der Waals surface area contributed by atoms with E-state index < -0.39 is 0 Å². The largest absolute Gasteiger partial charge is 0.358 e. The highest BCUT2D eigenvalue weighted by atomic mass is 32.2. The lowest BCUT2D eigenvalue weighted by molar-refractivity contribution is -0.122. The molecule has 0 saturated carbocycles. The molecule has 166 valence electrons. The fourth-order valence-electron chi connectivity index (χ4n) is 3.83. The second kappa shape index (κ2) is 10.2. The highest BCUT2D eigenvalue weighted by Crippen LogP contribution is 2.36. The summed E-state index contributed by atoms with van der Waals surface area (Å²) in [6.07, 6.45) is 1.79. The number of aromatic nitrogens is 1. The SMILES string of the molecule is CCN(CC)c1c(C=C2SC(=S)N(Cc3ccccc3)C2=O)c(C)c(C#N)c(=O)n1CC. The predicted octanol–water partition coefficient (Wildman–Crippen LogP) is 4.30. The van der Waals surface area contributed by atoms with Gasteiger partial charge in [0.15, 0.2) is 0 Å². The summed E-state index contributed by atoms with van der Waals surface area (Å²) >= 11 is 6.75. The van der Waals surface area contributed by atoms with Crippen LogP contribution in [0.5, 0.6) is 0 Å². The molecule has 0 unspecified atom stereocenters. The fourth-order valence-corrected chi connectivity index (χ4v) is 5.07. The van der Waals surface area contributed by atoms with E-state index in [2.05, 4.69) is 11.0 Å². The molecule has 0 atom stereocenters. The lowest BCUT2D eigenvalue weighted by Crippen LogP contribution is -2.34. The summed E-state index contributed by atoms with van der Waals surface area (Å²) in [5.74, 6) is 0.564. The van der Waals surface area contributed by atoms with Gasteiger partial charge in [-0.15, -0.1) is 0 Å². The Kier molecular flexibility index (Phi) is 7.54. The van der Waals surface area contributed by atoms with E-state index in [-0.39, 0.29) is 17.0 Å². The molecular weight excluding hydrogens is 440 g/mol. The molecule has 0 spiro atoms. The topological polar surface area (TPSA) is 69.3 Å². The Hall–Kier alpha value is -2.89. The van der Waals surface area contributed by atoms with Crippen molar-refractivity contribution in [2.75, 3.05) is 18.0 Å². The molecule has 6 nitrogen and oxygen atoms in total. The van der Waals surface area contributed by atoms with Crippen LogP contribution in [0.3, 0.4) is 0 Å². The number of thiocarbonyl (C=S) groups is 1. The average molecular weight is 467 g/mol. The Morgan fingerprint density at radius 1 is 1.16 bits per heavy atom. The van der Waals surface area contributed by atoms with Gasteiger partial charge in [0.25, 0.3) is 11.5 Å². The number of nitriles is 1. The van der Waals surface area contributed by atoms with Gasteiger partial charge in [-0.3, -0.25) is 19.1 Å². The molecule has 0 aliphatic carbocycles. The maximum Gasteiger partial charge on any atom is 0.270 e. The van der Waals surface area contributed by atoms with Gasteiger partial charge in [-0.25, -0.2) is 0 Å². The van der Waals surface area contributed by atoms with Crippen LogP contribution in [0.2, 0.25) is 0 Å². The maximum absolute atomic E-state index is 13.2. The number of carbonyl (C=O) groups excluding carboxylic acids is 1. The fraction of sp³-hybridized carbons (Fsp3) is 0.333. The molecule has 1 aliphatic rings. The standard InChI is InChI=1S/C24H26N4O2S2/c1-5-26(6-2)21-18(16(4)19(14-25)22(29)27(21)7-3)13-20-23(30)28(24(31)32-20)15-17-11-9-8-10-12-17/h8-13H,5-7,15H2,1-4H3. The number of hydrogen-bond acceptors (Lipinski definition) is 6. The number of hydrogen-bond donors (Lipinski definition) is 0. The summed E-state index contributed by atoms with van der Waals surface area (Å²) in [7, 11) is 0. The minimum atomic E-state index is -0.303. The molecule has 1 saturated heterocycles. The van der Waals surface area contributed by atoms with E-state index in [1.165, 1.54) is 11.8 Å². The second-order valence-corrected chi connectivity index (χ2v) is 9.00. The maximum atomic E-state index is 13.2. The molecule has 0 radical (unpaired) electrons. The molecule has 1 fully saturated rings. The van der Waals surface area contributed by atoms with Crippen LogP contribution in [-0.2, 0) is 17.9 Å². The Morgan fingerprint density at radius 3 is 2.38 bits per heavy atom. The van der Waals surface area contributed by atoms with E-state index in [0.29, 0.717) is 46.5 Å². The van der Waals surface area contributed by atoms with Crippen LogP contribution in [0.15, 0.2) is 40.0 Å². The van der Waals surface area contributed by atoms with Crippen LogP contribution < -0.4 is 10.5 Å². The third-order valence-electron chi connectivity index (χ3n) is 5.56. The second-order valence-electron chi connectivity index (χ2n) is 7.32. The Balaban J connectivity index is 2.15. The van der Waals surface area contributed by atoms with Gasteiger partial charge in [0.2, 0.25) is 0 Å². The molecule has 2 heterocycles. The monoisotopic (exact) mass is 466 g/mol. The zero-order chi connectivity index (χ0) is 23.4. The molecule has 1 aromatic carbocycles. The van der Waals surface area contributed by atoms with Crippen molar-refractivity contribution in [1.29, 1.82) is 5.26 Å². The summed E-state index contributed by atoms with van der Waals surface area (Å²) in [6, 6.07) is 11.8. The first-order chi connectivity index (χ1) is 15.4. The van der Waals surface area contributed by atoms with Crippen molar-refractivity contribution in [3.63, 3.8) is 0 Å². The number of rotatable bonds is 7. The van der Waals surface area contributed by atoms with Crippen molar-refractivity contribution in [3.8, 4) is 6.07 Å². The molecule has 1 amide bonds. The molecule has 1 aromatic heterocycles. The van der Waals surface area contributed by atoms with Crippen LogP contribution in [0, 0.1) is 18.3 Å².